The third kappa shape index (κ3) is 3.85. The van der Waals surface area contributed by atoms with Gasteiger partial charge in [0.15, 0.2) is 6.10 Å². The summed E-state index contributed by atoms with van der Waals surface area (Å²) >= 11 is 0. The van der Waals surface area contributed by atoms with Crippen molar-refractivity contribution in [2.75, 3.05) is 18.6 Å². The van der Waals surface area contributed by atoms with E-state index in [1.165, 1.54) is 14.0 Å². The van der Waals surface area contributed by atoms with Crippen molar-refractivity contribution < 1.29 is 28.7 Å². The third-order valence-corrected chi connectivity index (χ3v) is 5.21. The fourth-order valence-electron chi connectivity index (χ4n) is 3.67. The van der Waals surface area contributed by atoms with Crippen molar-refractivity contribution in [1.82, 2.24) is 4.98 Å². The number of carbonyl (C=O) groups is 4. The van der Waals surface area contributed by atoms with Crippen molar-refractivity contribution in [2.24, 2.45) is 0 Å². The maximum Gasteiger partial charge on any atom is 0.340 e. The van der Waals surface area contributed by atoms with Gasteiger partial charge in [0.05, 0.1) is 29.6 Å². The van der Waals surface area contributed by atoms with Crippen molar-refractivity contribution in [3.05, 3.63) is 52.3 Å². The number of aromatic nitrogens is 1. The van der Waals surface area contributed by atoms with Crippen LogP contribution in [0.2, 0.25) is 0 Å². The van der Waals surface area contributed by atoms with E-state index in [1.54, 1.807) is 43.0 Å². The number of anilines is 1. The molecule has 2 aromatic rings. The zero-order chi connectivity index (χ0) is 22.0. The fourth-order valence-corrected chi connectivity index (χ4v) is 3.67. The van der Waals surface area contributed by atoms with E-state index in [-0.39, 0.29) is 22.7 Å². The molecular formula is C22H24N2O6. The number of hydrogen-bond donors (Lipinski definition) is 1. The van der Waals surface area contributed by atoms with Crippen LogP contribution in [0.15, 0.2) is 24.3 Å². The van der Waals surface area contributed by atoms with Crippen LogP contribution >= 0.6 is 0 Å². The number of ether oxygens (including phenoxy) is 2. The average Bonchev–Trinajstić information content (AvgIpc) is 3.29. The van der Waals surface area contributed by atoms with Crippen LogP contribution in [0.5, 0.6) is 0 Å². The van der Waals surface area contributed by atoms with Crippen LogP contribution in [0.3, 0.4) is 0 Å². The van der Waals surface area contributed by atoms with Gasteiger partial charge in [0.1, 0.15) is 0 Å². The third-order valence-electron chi connectivity index (χ3n) is 5.21. The number of Topliss-reactive ketones (excluding diaryl/α,β-unsaturated/α-hetero) is 1. The first-order valence-corrected chi connectivity index (χ1v) is 9.68. The smallest absolute Gasteiger partial charge is 0.340 e. The highest BCUT2D eigenvalue weighted by molar-refractivity contribution is 6.06. The Morgan fingerprint density at radius 1 is 1.13 bits per heavy atom. The Morgan fingerprint density at radius 2 is 1.83 bits per heavy atom. The summed E-state index contributed by atoms with van der Waals surface area (Å²) < 4.78 is 10.2. The molecule has 0 spiro atoms. The molecule has 1 N–H and O–H groups in total. The van der Waals surface area contributed by atoms with Crippen LogP contribution < -0.4 is 4.90 Å². The minimum atomic E-state index is -1.10. The lowest BCUT2D eigenvalue weighted by atomic mass is 10.1. The van der Waals surface area contributed by atoms with Crippen LogP contribution in [0.25, 0.3) is 0 Å². The van der Waals surface area contributed by atoms with Crippen molar-refractivity contribution in [3.63, 3.8) is 0 Å². The molecule has 0 radical (unpaired) electrons. The molecule has 0 aliphatic carbocycles. The Labute approximate surface area is 174 Å². The molecule has 8 nitrogen and oxygen atoms in total. The molecule has 158 valence electrons. The van der Waals surface area contributed by atoms with Gasteiger partial charge in [-0.05, 0) is 44.9 Å². The van der Waals surface area contributed by atoms with Gasteiger partial charge < -0.3 is 19.4 Å². The zero-order valence-electron chi connectivity index (χ0n) is 17.4. The van der Waals surface area contributed by atoms with E-state index in [2.05, 4.69) is 4.98 Å². The molecule has 30 heavy (non-hydrogen) atoms. The van der Waals surface area contributed by atoms with Gasteiger partial charge in [-0.3, -0.25) is 9.59 Å². The first-order chi connectivity index (χ1) is 14.3. The summed E-state index contributed by atoms with van der Waals surface area (Å²) in [4.78, 5) is 54.2. The van der Waals surface area contributed by atoms with E-state index in [0.29, 0.717) is 29.9 Å². The van der Waals surface area contributed by atoms with Gasteiger partial charge in [-0.15, -0.1) is 0 Å². The van der Waals surface area contributed by atoms with Gasteiger partial charge in [0, 0.05) is 18.7 Å². The number of aryl methyl sites for hydroxylation is 1. The van der Waals surface area contributed by atoms with E-state index >= 15 is 0 Å². The number of amides is 1. The number of esters is 2. The second-order valence-electron chi connectivity index (χ2n) is 7.19. The Bertz CT molecular complexity index is 1020. The first-order valence-electron chi connectivity index (χ1n) is 9.68. The van der Waals surface area contributed by atoms with Gasteiger partial charge in [-0.25, -0.2) is 9.59 Å². The second kappa shape index (κ2) is 8.52. The van der Waals surface area contributed by atoms with Crippen molar-refractivity contribution in [1.29, 1.82) is 0 Å². The number of carbonyl (C=O) groups excluding carboxylic acids is 4. The van der Waals surface area contributed by atoms with Crippen molar-refractivity contribution in [3.8, 4) is 0 Å². The summed E-state index contributed by atoms with van der Waals surface area (Å²) in [5.41, 5.74) is 2.12. The van der Waals surface area contributed by atoms with Crippen LogP contribution in [0.1, 0.15) is 62.2 Å². The molecule has 1 fully saturated rings. The molecule has 0 saturated carbocycles. The maximum atomic E-state index is 12.9. The Hall–Kier alpha value is -3.42. The lowest BCUT2D eigenvalue weighted by molar-refractivity contribution is -0.117. The van der Waals surface area contributed by atoms with Crippen LogP contribution in [0, 0.1) is 13.8 Å². The predicted octanol–water partition coefficient (Wildman–Crippen LogP) is 2.97. The lowest BCUT2D eigenvalue weighted by Crippen LogP contribution is -2.29. The molecule has 2 heterocycles. The number of hydrogen-bond acceptors (Lipinski definition) is 6. The number of nitrogens with one attached hydrogen (secondary N) is 1. The minimum Gasteiger partial charge on any atom is -0.465 e. The first kappa shape index (κ1) is 21.3. The summed E-state index contributed by atoms with van der Waals surface area (Å²) in [5, 5.41) is 0. The number of aromatic amines is 1. The highest BCUT2D eigenvalue weighted by Crippen LogP contribution is 2.27. The van der Waals surface area contributed by atoms with Gasteiger partial charge in [-0.2, -0.15) is 0 Å². The molecule has 1 saturated heterocycles. The molecule has 1 aliphatic rings. The fraction of sp³-hybridized carbons (Fsp3) is 0.364. The molecule has 1 amide bonds. The standard InChI is InChI=1S/C22H24N2O6/c1-12-18(22(28)29-4)13(2)23-19(12)20(26)14(3)30-21(27)15-8-5-6-9-16(15)24-11-7-10-17(24)25/h5-6,8-9,14,23H,7,10-11H2,1-4H3/t14-/m0/s1. The monoisotopic (exact) mass is 412 g/mol. The average molecular weight is 412 g/mol. The lowest BCUT2D eigenvalue weighted by Gasteiger charge is -2.20. The Balaban J connectivity index is 1.81. The van der Waals surface area contributed by atoms with Gasteiger partial charge in [0.25, 0.3) is 0 Å². The maximum absolute atomic E-state index is 12.9. The normalized spacial score (nSPS) is 14.5. The highest BCUT2D eigenvalue weighted by atomic mass is 16.5. The molecule has 3 rings (SSSR count). The predicted molar refractivity (Wildman–Crippen MR) is 109 cm³/mol. The van der Waals surface area contributed by atoms with E-state index in [9.17, 15) is 19.2 Å². The molecular weight excluding hydrogens is 388 g/mol. The molecule has 1 aliphatic heterocycles. The van der Waals surface area contributed by atoms with Crippen molar-refractivity contribution in [2.45, 2.75) is 39.7 Å². The summed E-state index contributed by atoms with van der Waals surface area (Å²) in [6.45, 7) is 5.30. The molecule has 1 aromatic heterocycles. The summed E-state index contributed by atoms with van der Waals surface area (Å²) in [7, 11) is 1.27. The number of para-hydroxylation sites is 1. The number of methoxy groups -OCH3 is 1. The molecule has 0 bridgehead atoms. The van der Waals surface area contributed by atoms with Crippen LogP contribution in [-0.2, 0) is 14.3 Å². The number of H-pyrrole nitrogens is 1. The largest absolute Gasteiger partial charge is 0.465 e. The van der Waals surface area contributed by atoms with Gasteiger partial charge in [-0.1, -0.05) is 12.1 Å². The second-order valence-corrected chi connectivity index (χ2v) is 7.19. The Kier molecular flexibility index (Phi) is 6.05. The molecule has 1 aromatic carbocycles. The number of nitrogens with zero attached hydrogens (tertiary/aromatic N) is 1. The van der Waals surface area contributed by atoms with E-state index in [1.807, 2.05) is 0 Å². The molecule has 0 unspecified atom stereocenters. The topological polar surface area (TPSA) is 106 Å². The SMILES string of the molecule is COC(=O)c1c(C)[nH]c(C(=O)[C@H](C)OC(=O)c2ccccc2N2CCCC2=O)c1C. The van der Waals surface area contributed by atoms with E-state index in [0.717, 1.165) is 6.42 Å². The number of ketones is 1. The van der Waals surface area contributed by atoms with Gasteiger partial charge in [0.2, 0.25) is 11.7 Å². The quantitative estimate of drug-likeness (QED) is 0.578. The molecule has 8 heteroatoms. The van der Waals surface area contributed by atoms with E-state index < -0.39 is 23.8 Å². The number of benzene rings is 1. The van der Waals surface area contributed by atoms with E-state index in [4.69, 9.17) is 9.47 Å². The van der Waals surface area contributed by atoms with Gasteiger partial charge >= 0.3 is 11.9 Å². The summed E-state index contributed by atoms with van der Waals surface area (Å²) in [6.07, 6.45) is 0.0687. The number of rotatable bonds is 6. The molecule has 1 atom stereocenters. The van der Waals surface area contributed by atoms with Crippen LogP contribution in [-0.4, -0.2) is 48.4 Å². The van der Waals surface area contributed by atoms with Crippen molar-refractivity contribution >= 4 is 29.3 Å². The summed E-state index contributed by atoms with van der Waals surface area (Å²) in [6, 6.07) is 6.67. The summed E-state index contributed by atoms with van der Waals surface area (Å²) in [5.74, 6) is -1.75. The zero-order valence-corrected chi connectivity index (χ0v) is 17.4. The van der Waals surface area contributed by atoms with Crippen LogP contribution in [0.4, 0.5) is 5.69 Å². The Morgan fingerprint density at radius 3 is 2.47 bits per heavy atom. The minimum absolute atomic E-state index is 0.0489. The highest BCUT2D eigenvalue weighted by Gasteiger charge is 2.30.